The predicted octanol–water partition coefficient (Wildman–Crippen LogP) is 3.11. The van der Waals surface area contributed by atoms with E-state index in [9.17, 15) is 0 Å². The number of methoxy groups -OCH3 is 1. The molecule has 0 radical (unpaired) electrons. The Morgan fingerprint density at radius 2 is 1.94 bits per heavy atom. The second kappa shape index (κ2) is 6.76. The van der Waals surface area contributed by atoms with E-state index in [0.29, 0.717) is 18.6 Å². The van der Waals surface area contributed by atoms with Crippen LogP contribution in [0.15, 0.2) is 18.2 Å². The maximum atomic E-state index is 5.72. The van der Waals surface area contributed by atoms with E-state index in [4.69, 9.17) is 15.2 Å². The molecule has 0 bridgehead atoms. The smallest absolute Gasteiger partial charge is 0.124 e. The van der Waals surface area contributed by atoms with Crippen LogP contribution in [0.5, 0.6) is 5.75 Å². The average molecular weight is 251 g/mol. The molecule has 0 aromatic heterocycles. The maximum Gasteiger partial charge on any atom is 0.124 e. The first-order chi connectivity index (χ1) is 8.46. The Hall–Kier alpha value is -1.06. The van der Waals surface area contributed by atoms with E-state index < -0.39 is 0 Å². The predicted molar refractivity (Wildman–Crippen MR) is 74.6 cm³/mol. The van der Waals surface area contributed by atoms with Gasteiger partial charge in [-0.1, -0.05) is 26.8 Å². The lowest BCUT2D eigenvalue weighted by Crippen LogP contribution is -2.10. The van der Waals surface area contributed by atoms with Crippen LogP contribution in [0.4, 0.5) is 0 Å². The van der Waals surface area contributed by atoms with Crippen LogP contribution in [0, 0.1) is 5.41 Å². The molecule has 0 unspecified atom stereocenters. The fourth-order valence-corrected chi connectivity index (χ4v) is 1.63. The van der Waals surface area contributed by atoms with Gasteiger partial charge in [0.1, 0.15) is 5.75 Å². The summed E-state index contributed by atoms with van der Waals surface area (Å²) in [5.41, 5.74) is 8.12. The summed E-state index contributed by atoms with van der Waals surface area (Å²) in [6.45, 7) is 8.52. The van der Waals surface area contributed by atoms with Crippen molar-refractivity contribution in [1.29, 1.82) is 0 Å². The summed E-state index contributed by atoms with van der Waals surface area (Å²) in [7, 11) is 1.68. The zero-order valence-corrected chi connectivity index (χ0v) is 12.0. The minimum Gasteiger partial charge on any atom is -0.496 e. The Morgan fingerprint density at radius 1 is 1.22 bits per heavy atom. The summed E-state index contributed by atoms with van der Waals surface area (Å²) in [6.07, 6.45) is 1.05. The molecule has 0 aliphatic carbocycles. The van der Waals surface area contributed by atoms with Crippen LogP contribution >= 0.6 is 0 Å². The highest BCUT2D eigenvalue weighted by Crippen LogP contribution is 2.22. The van der Waals surface area contributed by atoms with Gasteiger partial charge in [0, 0.05) is 18.7 Å². The molecule has 3 heteroatoms. The average Bonchev–Trinajstić information content (AvgIpc) is 2.33. The molecule has 18 heavy (non-hydrogen) atoms. The first-order valence-corrected chi connectivity index (χ1v) is 6.40. The van der Waals surface area contributed by atoms with Crippen LogP contribution in [0.25, 0.3) is 0 Å². The molecule has 0 fully saturated rings. The number of hydrogen-bond donors (Lipinski definition) is 1. The Balaban J connectivity index is 2.54. The van der Waals surface area contributed by atoms with Gasteiger partial charge in [-0.15, -0.1) is 0 Å². The van der Waals surface area contributed by atoms with E-state index in [2.05, 4.69) is 26.8 Å². The van der Waals surface area contributed by atoms with Gasteiger partial charge >= 0.3 is 0 Å². The van der Waals surface area contributed by atoms with Crippen LogP contribution < -0.4 is 10.5 Å². The standard InChI is InChI=1S/C15H25NO2/c1-15(2,3)7-8-18-11-13-9-12(10-16)5-6-14(13)17-4/h5-6,9H,7-8,10-11,16H2,1-4H3. The molecule has 0 spiro atoms. The lowest BCUT2D eigenvalue weighted by molar-refractivity contribution is 0.0947. The molecular formula is C15H25NO2. The molecule has 3 nitrogen and oxygen atoms in total. The molecule has 1 aromatic carbocycles. The summed E-state index contributed by atoms with van der Waals surface area (Å²) in [6, 6.07) is 5.98. The summed E-state index contributed by atoms with van der Waals surface area (Å²) >= 11 is 0. The summed E-state index contributed by atoms with van der Waals surface area (Å²) < 4.78 is 11.0. The van der Waals surface area contributed by atoms with Gasteiger partial charge in [0.2, 0.25) is 0 Å². The molecule has 1 aromatic rings. The fraction of sp³-hybridized carbons (Fsp3) is 0.600. The van der Waals surface area contributed by atoms with Crippen molar-refractivity contribution in [1.82, 2.24) is 0 Å². The van der Waals surface area contributed by atoms with Crippen LogP contribution in [0.2, 0.25) is 0 Å². The fourth-order valence-electron chi connectivity index (χ4n) is 1.63. The molecule has 0 saturated carbocycles. The Labute approximate surface area is 110 Å². The molecule has 0 aliphatic rings. The highest BCUT2D eigenvalue weighted by molar-refractivity contribution is 5.36. The van der Waals surface area contributed by atoms with Gasteiger partial charge in [-0.25, -0.2) is 0 Å². The lowest BCUT2D eigenvalue weighted by atomic mass is 9.93. The van der Waals surface area contributed by atoms with Crippen molar-refractivity contribution in [2.45, 2.75) is 40.3 Å². The van der Waals surface area contributed by atoms with Crippen molar-refractivity contribution in [3.05, 3.63) is 29.3 Å². The first kappa shape index (κ1) is 15.0. The summed E-state index contributed by atoms with van der Waals surface area (Å²) in [5, 5.41) is 0. The molecular weight excluding hydrogens is 226 g/mol. The monoisotopic (exact) mass is 251 g/mol. The SMILES string of the molecule is COc1ccc(CN)cc1COCCC(C)(C)C. The molecule has 0 saturated heterocycles. The maximum absolute atomic E-state index is 5.72. The molecule has 0 atom stereocenters. The van der Waals surface area contributed by atoms with Gasteiger partial charge in [-0.05, 0) is 29.5 Å². The molecule has 0 aliphatic heterocycles. The van der Waals surface area contributed by atoms with Crippen molar-refractivity contribution in [3.63, 3.8) is 0 Å². The van der Waals surface area contributed by atoms with Crippen LogP contribution in [-0.4, -0.2) is 13.7 Å². The second-order valence-corrected chi connectivity index (χ2v) is 5.71. The topological polar surface area (TPSA) is 44.5 Å². The van der Waals surface area contributed by atoms with Gasteiger partial charge in [0.05, 0.1) is 13.7 Å². The van der Waals surface area contributed by atoms with Gasteiger partial charge < -0.3 is 15.2 Å². The quantitative estimate of drug-likeness (QED) is 0.790. The molecule has 1 rings (SSSR count). The van der Waals surface area contributed by atoms with Crippen molar-refractivity contribution < 1.29 is 9.47 Å². The number of hydrogen-bond acceptors (Lipinski definition) is 3. The van der Waals surface area contributed by atoms with E-state index in [1.807, 2.05) is 12.1 Å². The molecule has 0 heterocycles. The van der Waals surface area contributed by atoms with Gasteiger partial charge in [-0.2, -0.15) is 0 Å². The number of nitrogens with two attached hydrogens (primary N) is 1. The van der Waals surface area contributed by atoms with E-state index >= 15 is 0 Å². The summed E-state index contributed by atoms with van der Waals surface area (Å²) in [5.74, 6) is 0.864. The lowest BCUT2D eigenvalue weighted by Gasteiger charge is -2.18. The van der Waals surface area contributed by atoms with E-state index in [1.165, 1.54) is 0 Å². The van der Waals surface area contributed by atoms with E-state index in [-0.39, 0.29) is 0 Å². The zero-order chi connectivity index (χ0) is 13.6. The highest BCUT2D eigenvalue weighted by atomic mass is 16.5. The number of rotatable bonds is 6. The van der Waals surface area contributed by atoms with Crippen LogP contribution in [0.3, 0.4) is 0 Å². The Morgan fingerprint density at radius 3 is 2.50 bits per heavy atom. The zero-order valence-electron chi connectivity index (χ0n) is 12.0. The van der Waals surface area contributed by atoms with Crippen LogP contribution in [0.1, 0.15) is 38.3 Å². The first-order valence-electron chi connectivity index (χ1n) is 6.40. The largest absolute Gasteiger partial charge is 0.496 e. The van der Waals surface area contributed by atoms with Crippen molar-refractivity contribution in [3.8, 4) is 5.75 Å². The van der Waals surface area contributed by atoms with E-state index in [1.54, 1.807) is 7.11 Å². The van der Waals surface area contributed by atoms with Gasteiger partial charge in [-0.3, -0.25) is 0 Å². The number of ether oxygens (including phenoxy) is 2. The highest BCUT2D eigenvalue weighted by Gasteiger charge is 2.10. The normalized spacial score (nSPS) is 11.6. The van der Waals surface area contributed by atoms with Crippen molar-refractivity contribution in [2.24, 2.45) is 11.1 Å². The Kier molecular flexibility index (Phi) is 5.63. The van der Waals surface area contributed by atoms with E-state index in [0.717, 1.165) is 29.9 Å². The number of benzene rings is 1. The molecule has 2 N–H and O–H groups in total. The van der Waals surface area contributed by atoms with Crippen LogP contribution in [-0.2, 0) is 17.9 Å². The van der Waals surface area contributed by atoms with Crippen molar-refractivity contribution in [2.75, 3.05) is 13.7 Å². The third-order valence-electron chi connectivity index (χ3n) is 2.83. The minimum absolute atomic E-state index is 0.309. The van der Waals surface area contributed by atoms with Gasteiger partial charge in [0.25, 0.3) is 0 Å². The summed E-state index contributed by atoms with van der Waals surface area (Å²) in [4.78, 5) is 0. The second-order valence-electron chi connectivity index (χ2n) is 5.71. The molecule has 102 valence electrons. The third-order valence-corrected chi connectivity index (χ3v) is 2.83. The van der Waals surface area contributed by atoms with Gasteiger partial charge in [0.15, 0.2) is 0 Å². The third kappa shape index (κ3) is 5.07. The van der Waals surface area contributed by atoms with Crippen molar-refractivity contribution >= 4 is 0 Å². The molecule has 0 amide bonds. The Bertz CT molecular complexity index is 369. The minimum atomic E-state index is 0.309.